The molecule has 3 rings (SSSR count). The maximum atomic E-state index is 12.6. The van der Waals surface area contributed by atoms with E-state index in [0.29, 0.717) is 18.3 Å². The number of benzene rings is 1. The summed E-state index contributed by atoms with van der Waals surface area (Å²) in [6, 6.07) is 7.68. The number of fused-ring (bicyclic) bond motifs is 1. The molecule has 0 aliphatic rings. The van der Waals surface area contributed by atoms with Gasteiger partial charge in [0, 0.05) is 20.6 Å². The first-order valence-corrected chi connectivity index (χ1v) is 7.37. The molecule has 3 aromatic rings. The van der Waals surface area contributed by atoms with Crippen LogP contribution < -0.4 is 16.3 Å². The molecular formula is C15H19N7O. The lowest BCUT2D eigenvalue weighted by molar-refractivity contribution is 0.665. The second-order valence-corrected chi connectivity index (χ2v) is 5.41. The topological polar surface area (TPSA) is 94.9 Å². The number of aromatic nitrogens is 5. The Bertz CT molecular complexity index is 910. The minimum atomic E-state index is -0.0842. The number of anilines is 2. The van der Waals surface area contributed by atoms with Gasteiger partial charge in [0.25, 0.3) is 0 Å². The van der Waals surface area contributed by atoms with Crippen molar-refractivity contribution in [1.29, 1.82) is 0 Å². The fourth-order valence-corrected chi connectivity index (χ4v) is 2.57. The van der Waals surface area contributed by atoms with Crippen LogP contribution in [-0.4, -0.2) is 38.2 Å². The zero-order chi connectivity index (χ0) is 16.6. The summed E-state index contributed by atoms with van der Waals surface area (Å²) in [5.41, 5.74) is 7.42. The Labute approximate surface area is 133 Å². The van der Waals surface area contributed by atoms with E-state index < -0.39 is 0 Å². The number of rotatable bonds is 4. The van der Waals surface area contributed by atoms with Crippen LogP contribution in [0.1, 0.15) is 12.7 Å². The van der Waals surface area contributed by atoms with Crippen molar-refractivity contribution in [2.75, 3.05) is 24.7 Å². The van der Waals surface area contributed by atoms with Crippen LogP contribution in [0.3, 0.4) is 0 Å². The van der Waals surface area contributed by atoms with Crippen LogP contribution in [-0.2, 0) is 13.1 Å². The van der Waals surface area contributed by atoms with Crippen LogP contribution in [0.15, 0.2) is 29.1 Å². The molecule has 0 fully saturated rings. The highest BCUT2D eigenvalue weighted by Gasteiger charge is 2.14. The van der Waals surface area contributed by atoms with Crippen molar-refractivity contribution in [3.05, 3.63) is 40.6 Å². The highest BCUT2D eigenvalue weighted by Crippen LogP contribution is 2.14. The molecule has 8 heteroatoms. The normalized spacial score (nSPS) is 11.1. The molecule has 0 radical (unpaired) electrons. The zero-order valence-corrected chi connectivity index (χ0v) is 13.4. The van der Waals surface area contributed by atoms with E-state index in [9.17, 15) is 4.79 Å². The second kappa shape index (κ2) is 5.71. The van der Waals surface area contributed by atoms with Gasteiger partial charge in [-0.3, -0.25) is 9.13 Å². The Hall–Kier alpha value is -2.90. The van der Waals surface area contributed by atoms with Crippen molar-refractivity contribution < 1.29 is 0 Å². The maximum Gasteiger partial charge on any atom is 0.329 e. The van der Waals surface area contributed by atoms with Crippen LogP contribution in [0.25, 0.3) is 11.0 Å². The third-order valence-electron chi connectivity index (χ3n) is 3.63. The molecule has 2 heterocycles. The first-order valence-electron chi connectivity index (χ1n) is 7.37. The van der Waals surface area contributed by atoms with Gasteiger partial charge in [0.05, 0.1) is 17.6 Å². The molecule has 23 heavy (non-hydrogen) atoms. The van der Waals surface area contributed by atoms with Gasteiger partial charge in [0.15, 0.2) is 5.82 Å². The molecule has 1 aromatic carbocycles. The number of nitrogens with two attached hydrogens (primary N) is 1. The molecular weight excluding hydrogens is 294 g/mol. The molecule has 0 atom stereocenters. The summed E-state index contributed by atoms with van der Waals surface area (Å²) in [5, 5.41) is 0. The molecule has 120 valence electrons. The van der Waals surface area contributed by atoms with Crippen molar-refractivity contribution >= 4 is 22.9 Å². The van der Waals surface area contributed by atoms with E-state index in [1.807, 2.05) is 45.3 Å². The highest BCUT2D eigenvalue weighted by molar-refractivity contribution is 5.76. The van der Waals surface area contributed by atoms with Crippen molar-refractivity contribution in [3.8, 4) is 0 Å². The molecule has 0 spiro atoms. The SMILES string of the molecule is CCn1c(=O)n(Cc2nc(N)nc(N(C)C)n2)c2ccccc21. The van der Waals surface area contributed by atoms with Gasteiger partial charge in [-0.2, -0.15) is 15.0 Å². The van der Waals surface area contributed by atoms with Gasteiger partial charge in [-0.25, -0.2) is 4.79 Å². The van der Waals surface area contributed by atoms with Crippen LogP contribution in [0, 0.1) is 0 Å². The third kappa shape index (κ3) is 2.63. The number of nitrogen functional groups attached to an aromatic ring is 1. The van der Waals surface area contributed by atoms with Crippen molar-refractivity contribution in [2.24, 2.45) is 0 Å². The lowest BCUT2D eigenvalue weighted by atomic mass is 10.3. The van der Waals surface area contributed by atoms with E-state index in [0.717, 1.165) is 11.0 Å². The Kier molecular flexibility index (Phi) is 3.73. The monoisotopic (exact) mass is 313 g/mol. The standard InChI is InChI=1S/C15H19N7O/c1-4-21-10-7-5-6-8-11(10)22(15(21)23)9-12-17-13(16)19-14(18-12)20(2)3/h5-8H,4,9H2,1-3H3,(H2,16,17,18,19). The summed E-state index contributed by atoms with van der Waals surface area (Å²) < 4.78 is 3.39. The number of aryl methyl sites for hydroxylation is 1. The Morgan fingerprint density at radius 3 is 2.35 bits per heavy atom. The number of imidazole rings is 1. The van der Waals surface area contributed by atoms with E-state index in [1.54, 1.807) is 14.0 Å². The summed E-state index contributed by atoms with van der Waals surface area (Å²) in [6.45, 7) is 2.80. The molecule has 8 nitrogen and oxygen atoms in total. The number of hydrogen-bond donors (Lipinski definition) is 1. The minimum Gasteiger partial charge on any atom is -0.368 e. The first kappa shape index (κ1) is 15.0. The molecule has 0 saturated carbocycles. The average molecular weight is 313 g/mol. The van der Waals surface area contributed by atoms with Gasteiger partial charge in [-0.05, 0) is 19.1 Å². The minimum absolute atomic E-state index is 0.0842. The molecule has 0 amide bonds. The van der Waals surface area contributed by atoms with Gasteiger partial charge in [-0.15, -0.1) is 0 Å². The van der Waals surface area contributed by atoms with Crippen molar-refractivity contribution in [1.82, 2.24) is 24.1 Å². The van der Waals surface area contributed by atoms with Crippen molar-refractivity contribution in [3.63, 3.8) is 0 Å². The van der Waals surface area contributed by atoms with Gasteiger partial charge in [0.1, 0.15) is 0 Å². The first-order chi connectivity index (χ1) is 11.0. The Morgan fingerprint density at radius 2 is 1.74 bits per heavy atom. The van der Waals surface area contributed by atoms with E-state index in [1.165, 1.54) is 0 Å². The van der Waals surface area contributed by atoms with Gasteiger partial charge >= 0.3 is 5.69 Å². The van der Waals surface area contributed by atoms with Crippen LogP contribution in [0.2, 0.25) is 0 Å². The van der Waals surface area contributed by atoms with E-state index >= 15 is 0 Å². The summed E-state index contributed by atoms with van der Waals surface area (Å²) >= 11 is 0. The average Bonchev–Trinajstić information content (AvgIpc) is 2.79. The van der Waals surface area contributed by atoms with Crippen LogP contribution in [0.5, 0.6) is 0 Å². The lowest BCUT2D eigenvalue weighted by Gasteiger charge is -2.11. The van der Waals surface area contributed by atoms with Gasteiger partial charge in [-0.1, -0.05) is 12.1 Å². The third-order valence-corrected chi connectivity index (χ3v) is 3.63. The number of hydrogen-bond acceptors (Lipinski definition) is 6. The fourth-order valence-electron chi connectivity index (χ4n) is 2.57. The molecule has 0 unspecified atom stereocenters. The van der Waals surface area contributed by atoms with E-state index in [-0.39, 0.29) is 18.2 Å². The highest BCUT2D eigenvalue weighted by atomic mass is 16.1. The second-order valence-electron chi connectivity index (χ2n) is 5.41. The van der Waals surface area contributed by atoms with Gasteiger partial charge in [0.2, 0.25) is 11.9 Å². The molecule has 0 aliphatic carbocycles. The number of nitrogens with zero attached hydrogens (tertiary/aromatic N) is 6. The van der Waals surface area contributed by atoms with Gasteiger partial charge < -0.3 is 10.6 Å². The molecule has 2 N–H and O–H groups in total. The Morgan fingerprint density at radius 1 is 1.09 bits per heavy atom. The predicted molar refractivity (Wildman–Crippen MR) is 89.5 cm³/mol. The smallest absolute Gasteiger partial charge is 0.329 e. The predicted octanol–water partition coefficient (Wildman–Crippen LogP) is 0.704. The lowest BCUT2D eigenvalue weighted by Crippen LogP contribution is -2.25. The summed E-state index contributed by atoms with van der Waals surface area (Å²) in [7, 11) is 3.65. The summed E-state index contributed by atoms with van der Waals surface area (Å²) in [6.07, 6.45) is 0. The van der Waals surface area contributed by atoms with Crippen LogP contribution in [0.4, 0.5) is 11.9 Å². The van der Waals surface area contributed by atoms with Crippen molar-refractivity contribution in [2.45, 2.75) is 20.0 Å². The molecule has 0 saturated heterocycles. The maximum absolute atomic E-state index is 12.6. The number of para-hydroxylation sites is 2. The quantitative estimate of drug-likeness (QED) is 0.762. The summed E-state index contributed by atoms with van der Waals surface area (Å²) in [4.78, 5) is 27.0. The molecule has 0 bridgehead atoms. The van der Waals surface area contributed by atoms with E-state index in [4.69, 9.17) is 5.73 Å². The zero-order valence-electron chi connectivity index (χ0n) is 13.4. The fraction of sp³-hybridized carbons (Fsp3) is 0.333. The Balaban J connectivity index is 2.13. The molecule has 2 aromatic heterocycles. The van der Waals surface area contributed by atoms with Crippen LogP contribution >= 0.6 is 0 Å². The molecule has 0 aliphatic heterocycles. The summed E-state index contributed by atoms with van der Waals surface area (Å²) in [5.74, 6) is 1.08. The largest absolute Gasteiger partial charge is 0.368 e. The van der Waals surface area contributed by atoms with E-state index in [2.05, 4.69) is 15.0 Å².